The maximum absolute atomic E-state index is 12.2. The monoisotopic (exact) mass is 271 g/mol. The van der Waals surface area contributed by atoms with Gasteiger partial charge in [-0.1, -0.05) is 18.7 Å². The summed E-state index contributed by atoms with van der Waals surface area (Å²) in [5.74, 6) is -0.988. The van der Waals surface area contributed by atoms with Crippen molar-refractivity contribution in [3.63, 3.8) is 0 Å². The second-order valence-electron chi connectivity index (χ2n) is 4.10. The first-order valence-electron chi connectivity index (χ1n) is 5.60. The quantitative estimate of drug-likeness (QED) is 0.633. The van der Waals surface area contributed by atoms with Gasteiger partial charge >= 0.3 is 0 Å². The normalized spacial score (nSPS) is 28.1. The molecule has 2 rings (SSSR count). The Morgan fingerprint density at radius 2 is 2.17 bits per heavy atom. The van der Waals surface area contributed by atoms with Gasteiger partial charge in [-0.05, 0) is 6.42 Å². The average molecular weight is 271 g/mol. The molecule has 0 aromatic heterocycles. The molecule has 18 heavy (non-hydrogen) atoms. The van der Waals surface area contributed by atoms with Crippen LogP contribution in [0.5, 0.6) is 0 Å². The number of imide groups is 1. The van der Waals surface area contributed by atoms with Crippen molar-refractivity contribution >= 4 is 34.7 Å². The zero-order chi connectivity index (χ0) is 13.3. The van der Waals surface area contributed by atoms with Crippen molar-refractivity contribution in [3.05, 3.63) is 0 Å². The van der Waals surface area contributed by atoms with Crippen LogP contribution in [0.2, 0.25) is 0 Å². The van der Waals surface area contributed by atoms with Crippen LogP contribution in [0.25, 0.3) is 0 Å². The molecule has 0 spiro atoms. The van der Waals surface area contributed by atoms with Crippen LogP contribution in [0, 0.1) is 0 Å². The molecule has 4 amide bonds. The van der Waals surface area contributed by atoms with E-state index in [4.69, 9.17) is 0 Å². The summed E-state index contributed by atoms with van der Waals surface area (Å²) in [6.07, 6.45) is 0.429. The van der Waals surface area contributed by atoms with E-state index >= 15 is 0 Å². The standard InChI is InChI=1S/C10H13N3O4S/c1-2-6-8(15)12-7(14)3-13(6)9(16)5-4-18-10(17)11-5/h5-6H,2-4H2,1H3,(H,11,17)(H,12,14,15). The van der Waals surface area contributed by atoms with Crippen molar-refractivity contribution in [2.75, 3.05) is 12.3 Å². The molecular weight excluding hydrogens is 258 g/mol. The molecule has 2 unspecified atom stereocenters. The lowest BCUT2D eigenvalue weighted by Gasteiger charge is -2.34. The molecule has 0 aromatic carbocycles. The van der Waals surface area contributed by atoms with Gasteiger partial charge in [0.05, 0.1) is 0 Å². The molecule has 0 aromatic rings. The molecule has 2 aliphatic rings. The number of nitrogens with one attached hydrogen (secondary N) is 2. The topological polar surface area (TPSA) is 95.6 Å². The minimum atomic E-state index is -0.643. The summed E-state index contributed by atoms with van der Waals surface area (Å²) in [6.45, 7) is 1.63. The van der Waals surface area contributed by atoms with Gasteiger partial charge < -0.3 is 10.2 Å². The smallest absolute Gasteiger partial charge is 0.279 e. The van der Waals surface area contributed by atoms with Gasteiger partial charge in [-0.2, -0.15) is 0 Å². The largest absolute Gasteiger partial charge is 0.334 e. The van der Waals surface area contributed by atoms with Crippen molar-refractivity contribution < 1.29 is 19.2 Å². The third-order valence-corrected chi connectivity index (χ3v) is 3.78. The van der Waals surface area contributed by atoms with Crippen LogP contribution in [-0.4, -0.2) is 52.2 Å². The molecule has 2 atom stereocenters. The number of carbonyl (C=O) groups excluding carboxylic acids is 4. The van der Waals surface area contributed by atoms with Gasteiger partial charge in [-0.15, -0.1) is 0 Å². The minimum absolute atomic E-state index is 0.139. The molecule has 0 saturated carbocycles. The summed E-state index contributed by atoms with van der Waals surface area (Å²) in [7, 11) is 0. The average Bonchev–Trinajstić information content (AvgIpc) is 2.74. The summed E-state index contributed by atoms with van der Waals surface area (Å²) < 4.78 is 0. The van der Waals surface area contributed by atoms with Gasteiger partial charge in [0.2, 0.25) is 17.7 Å². The molecule has 0 aliphatic carbocycles. The lowest BCUT2D eigenvalue weighted by molar-refractivity contribution is -0.150. The van der Waals surface area contributed by atoms with Gasteiger partial charge in [0.25, 0.3) is 5.24 Å². The van der Waals surface area contributed by atoms with Gasteiger partial charge in [0, 0.05) is 5.75 Å². The first-order valence-corrected chi connectivity index (χ1v) is 6.59. The Morgan fingerprint density at radius 1 is 1.44 bits per heavy atom. The summed E-state index contributed by atoms with van der Waals surface area (Å²) in [4.78, 5) is 47.4. The highest BCUT2D eigenvalue weighted by atomic mass is 32.2. The van der Waals surface area contributed by atoms with Crippen LogP contribution in [0.4, 0.5) is 4.79 Å². The number of amides is 4. The van der Waals surface area contributed by atoms with Gasteiger partial charge in [0.1, 0.15) is 18.6 Å². The fourth-order valence-electron chi connectivity index (χ4n) is 2.02. The highest BCUT2D eigenvalue weighted by Gasteiger charge is 2.40. The van der Waals surface area contributed by atoms with Crippen molar-refractivity contribution in [2.24, 2.45) is 0 Å². The van der Waals surface area contributed by atoms with Crippen LogP contribution in [0.1, 0.15) is 13.3 Å². The molecule has 0 radical (unpaired) electrons. The Labute approximate surface area is 108 Å². The Balaban J connectivity index is 2.13. The second kappa shape index (κ2) is 4.97. The van der Waals surface area contributed by atoms with E-state index in [1.165, 1.54) is 4.90 Å². The highest BCUT2D eigenvalue weighted by molar-refractivity contribution is 8.14. The zero-order valence-corrected chi connectivity index (χ0v) is 10.6. The molecule has 2 heterocycles. The van der Waals surface area contributed by atoms with Crippen molar-refractivity contribution in [1.82, 2.24) is 15.5 Å². The van der Waals surface area contributed by atoms with Gasteiger partial charge in [-0.25, -0.2) is 0 Å². The van der Waals surface area contributed by atoms with Crippen molar-refractivity contribution in [1.29, 1.82) is 0 Å². The van der Waals surface area contributed by atoms with E-state index in [2.05, 4.69) is 10.6 Å². The first-order chi connectivity index (χ1) is 8.52. The molecule has 2 N–H and O–H groups in total. The van der Waals surface area contributed by atoms with E-state index in [9.17, 15) is 19.2 Å². The predicted octanol–water partition coefficient (Wildman–Crippen LogP) is -0.925. The molecule has 2 saturated heterocycles. The highest BCUT2D eigenvalue weighted by Crippen LogP contribution is 2.18. The molecule has 2 aliphatic heterocycles. The van der Waals surface area contributed by atoms with E-state index < -0.39 is 23.9 Å². The van der Waals surface area contributed by atoms with Crippen LogP contribution < -0.4 is 10.6 Å². The second-order valence-corrected chi connectivity index (χ2v) is 5.09. The molecule has 98 valence electrons. The number of thioether (sulfide) groups is 1. The van der Waals surface area contributed by atoms with Crippen LogP contribution in [0.3, 0.4) is 0 Å². The fourth-order valence-corrected chi connectivity index (χ4v) is 2.79. The Hall–Kier alpha value is -1.57. The van der Waals surface area contributed by atoms with E-state index in [0.717, 1.165) is 11.8 Å². The molecule has 0 bridgehead atoms. The number of nitrogens with zero attached hydrogens (tertiary/aromatic N) is 1. The summed E-state index contributed by atoms with van der Waals surface area (Å²) in [5, 5.41) is 4.46. The fraction of sp³-hybridized carbons (Fsp3) is 0.600. The number of hydrogen-bond donors (Lipinski definition) is 2. The van der Waals surface area contributed by atoms with E-state index in [1.54, 1.807) is 6.92 Å². The van der Waals surface area contributed by atoms with Crippen LogP contribution in [0.15, 0.2) is 0 Å². The van der Waals surface area contributed by atoms with Crippen LogP contribution in [-0.2, 0) is 14.4 Å². The van der Waals surface area contributed by atoms with Crippen LogP contribution >= 0.6 is 11.8 Å². The van der Waals surface area contributed by atoms with Gasteiger partial charge in [0.15, 0.2) is 0 Å². The maximum Gasteiger partial charge on any atom is 0.279 e. The third kappa shape index (κ3) is 2.33. The van der Waals surface area contributed by atoms with E-state index in [-0.39, 0.29) is 17.7 Å². The molecular formula is C10H13N3O4S. The Morgan fingerprint density at radius 3 is 2.72 bits per heavy atom. The Bertz CT molecular complexity index is 425. The molecule has 7 nitrogen and oxygen atoms in total. The molecule has 2 fully saturated rings. The third-order valence-electron chi connectivity index (χ3n) is 2.90. The summed E-state index contributed by atoms with van der Waals surface area (Å²) in [6, 6.07) is -1.28. The van der Waals surface area contributed by atoms with E-state index in [1.807, 2.05) is 0 Å². The maximum atomic E-state index is 12.2. The number of rotatable bonds is 2. The SMILES string of the molecule is CCC1C(=O)NC(=O)CN1C(=O)C1CSC(=O)N1. The summed E-state index contributed by atoms with van der Waals surface area (Å²) >= 11 is 1.03. The number of hydrogen-bond acceptors (Lipinski definition) is 5. The lowest BCUT2D eigenvalue weighted by atomic mass is 10.1. The van der Waals surface area contributed by atoms with Gasteiger partial charge in [-0.3, -0.25) is 24.5 Å². The van der Waals surface area contributed by atoms with Crippen molar-refractivity contribution in [3.8, 4) is 0 Å². The van der Waals surface area contributed by atoms with Crippen molar-refractivity contribution in [2.45, 2.75) is 25.4 Å². The minimum Gasteiger partial charge on any atom is -0.334 e. The first kappa shape index (κ1) is 12.9. The lowest BCUT2D eigenvalue weighted by Crippen LogP contribution is -2.62. The summed E-state index contributed by atoms with van der Waals surface area (Å²) in [5.41, 5.74) is 0. The number of piperazine rings is 1. The molecule has 8 heteroatoms. The van der Waals surface area contributed by atoms with E-state index in [0.29, 0.717) is 12.2 Å². The number of carbonyl (C=O) groups is 4. The predicted molar refractivity (Wildman–Crippen MR) is 63.7 cm³/mol. The Kier molecular flexibility index (Phi) is 3.55. The zero-order valence-electron chi connectivity index (χ0n) is 9.76.